The van der Waals surface area contributed by atoms with Gasteiger partial charge in [0, 0.05) is 72.0 Å². The van der Waals surface area contributed by atoms with Crippen molar-refractivity contribution in [1.29, 1.82) is 0 Å². The highest BCUT2D eigenvalue weighted by Gasteiger charge is 2.44. The average Bonchev–Trinajstić information content (AvgIpc) is 3.19. The van der Waals surface area contributed by atoms with E-state index in [1.54, 1.807) is 0 Å². The number of fused-ring (bicyclic) bond motifs is 2. The molecule has 4 heterocycles. The second kappa shape index (κ2) is 9.43. The van der Waals surface area contributed by atoms with Crippen LogP contribution in [0.25, 0.3) is 12.2 Å². The molecule has 5 rings (SSSR count). The highest BCUT2D eigenvalue weighted by Crippen LogP contribution is 2.54. The van der Waals surface area contributed by atoms with Crippen molar-refractivity contribution in [3.63, 3.8) is 0 Å². The first-order valence-electron chi connectivity index (χ1n) is 13.3. The summed E-state index contributed by atoms with van der Waals surface area (Å²) in [6, 6.07) is 13.4. The Morgan fingerprint density at radius 2 is 0.947 bits per heavy atom. The molecular weight excluding hydrogens is 464 g/mol. The van der Waals surface area contributed by atoms with Crippen molar-refractivity contribution >= 4 is 23.5 Å². The first-order valence-corrected chi connectivity index (χ1v) is 13.3. The van der Waals surface area contributed by atoms with Gasteiger partial charge in [-0.2, -0.15) is 0 Å². The minimum atomic E-state index is -0.0899. The minimum absolute atomic E-state index is 0.0899. The third kappa shape index (κ3) is 4.38. The van der Waals surface area contributed by atoms with Gasteiger partial charge in [0.15, 0.2) is 24.8 Å². The lowest BCUT2D eigenvalue weighted by atomic mass is 9.80. The average molecular weight is 505 g/mol. The summed E-state index contributed by atoms with van der Waals surface area (Å²) in [5, 5.41) is 0. The fourth-order valence-corrected chi connectivity index (χ4v) is 5.90. The molecule has 0 unspecified atom stereocenters. The van der Waals surface area contributed by atoms with E-state index in [2.05, 4.69) is 158 Å². The van der Waals surface area contributed by atoms with Gasteiger partial charge in [-0.15, -0.1) is 0 Å². The Hall–Kier alpha value is -3.92. The number of aryl methyl sites for hydroxylation is 2. The van der Waals surface area contributed by atoms with E-state index in [9.17, 15) is 0 Å². The van der Waals surface area contributed by atoms with Crippen LogP contribution in [0.4, 0.5) is 11.4 Å². The smallest absolute Gasteiger partial charge is 0.169 e. The molecule has 0 saturated heterocycles. The zero-order chi connectivity index (χ0) is 27.2. The second-order valence-electron chi connectivity index (χ2n) is 11.7. The third-order valence-electron chi connectivity index (χ3n) is 8.28. The third-order valence-corrected chi connectivity index (χ3v) is 8.28. The molecule has 0 aliphatic carbocycles. The first-order chi connectivity index (χ1) is 18.0. The zero-order valence-corrected chi connectivity index (χ0v) is 24.0. The van der Waals surface area contributed by atoms with Crippen molar-refractivity contribution in [2.45, 2.75) is 38.5 Å². The molecule has 38 heavy (non-hydrogen) atoms. The largest absolute Gasteiger partial charge is 0.347 e. The Morgan fingerprint density at radius 1 is 0.605 bits per heavy atom. The van der Waals surface area contributed by atoms with Gasteiger partial charge in [0.25, 0.3) is 0 Å². The van der Waals surface area contributed by atoms with E-state index in [4.69, 9.17) is 0 Å². The summed E-state index contributed by atoms with van der Waals surface area (Å²) in [6.45, 7) is 9.35. The summed E-state index contributed by atoms with van der Waals surface area (Å²) in [7, 11) is 8.48. The van der Waals surface area contributed by atoms with E-state index in [0.29, 0.717) is 0 Å². The maximum absolute atomic E-state index is 2.42. The van der Waals surface area contributed by atoms with Crippen LogP contribution >= 0.6 is 0 Å². The minimum Gasteiger partial charge on any atom is -0.347 e. The van der Waals surface area contributed by atoms with E-state index in [0.717, 1.165) is 0 Å². The number of aromatic nitrogens is 2. The van der Waals surface area contributed by atoms with Gasteiger partial charge < -0.3 is 9.80 Å². The Labute approximate surface area is 228 Å². The van der Waals surface area contributed by atoms with Crippen LogP contribution in [0, 0.1) is 0 Å². The van der Waals surface area contributed by atoms with Crippen LogP contribution in [-0.2, 0) is 24.9 Å². The fourth-order valence-electron chi connectivity index (χ4n) is 5.90. The molecular formula is C34H40N4+2. The molecule has 0 bridgehead atoms. The van der Waals surface area contributed by atoms with Crippen LogP contribution < -0.4 is 18.9 Å². The van der Waals surface area contributed by atoms with Crippen molar-refractivity contribution < 1.29 is 9.13 Å². The molecule has 0 atom stereocenters. The number of nitrogens with zero attached hydrogens (tertiary/aromatic N) is 4. The van der Waals surface area contributed by atoms with E-state index in [1.165, 1.54) is 45.0 Å². The SMILES string of the molecule is CN1C(=CC=Cc2cc[n+](C)cc2)C(C)(C)c2cc3c(cc21)C(C)(C)C(=CC=Cc1cc[n+](C)cc1)N3C. The zero-order valence-electron chi connectivity index (χ0n) is 24.0. The van der Waals surface area contributed by atoms with Crippen LogP contribution in [0.5, 0.6) is 0 Å². The standard InChI is InChI=1S/C34H40N4/c1-33(2)27-23-30-28(24-29(27)37(7)31(33)13-9-11-25-15-19-35(5)20-16-25)34(3,4)32(38(30)8)14-10-12-26-17-21-36(6)22-18-26/h9-24H,1-8H3/q+2. The quantitative estimate of drug-likeness (QED) is 0.406. The van der Waals surface area contributed by atoms with Crippen molar-refractivity contribution in [2.24, 2.45) is 14.1 Å². The predicted molar refractivity (Wildman–Crippen MR) is 159 cm³/mol. The molecule has 0 fully saturated rings. The van der Waals surface area contributed by atoms with E-state index >= 15 is 0 Å². The molecule has 3 aromatic rings. The normalized spacial score (nSPS) is 19.8. The maximum atomic E-state index is 2.42. The summed E-state index contributed by atoms with van der Waals surface area (Å²) < 4.78 is 4.11. The van der Waals surface area contributed by atoms with Gasteiger partial charge in [-0.25, -0.2) is 9.13 Å². The second-order valence-corrected chi connectivity index (χ2v) is 11.7. The van der Waals surface area contributed by atoms with Gasteiger partial charge in [-0.1, -0.05) is 52.0 Å². The Kier molecular flexibility index (Phi) is 6.38. The highest BCUT2D eigenvalue weighted by atomic mass is 15.2. The van der Waals surface area contributed by atoms with Crippen molar-refractivity contribution in [3.8, 4) is 0 Å². The van der Waals surface area contributed by atoms with Gasteiger partial charge in [-0.05, 0) is 46.5 Å². The van der Waals surface area contributed by atoms with Crippen LogP contribution in [0.15, 0.2) is 96.9 Å². The van der Waals surface area contributed by atoms with E-state index in [-0.39, 0.29) is 10.8 Å². The molecule has 0 amide bonds. The van der Waals surface area contributed by atoms with Crippen molar-refractivity contribution in [3.05, 3.63) is 119 Å². The Bertz CT molecular complexity index is 1370. The molecule has 2 aliphatic rings. The van der Waals surface area contributed by atoms with Gasteiger partial charge in [-0.3, -0.25) is 0 Å². The van der Waals surface area contributed by atoms with Crippen molar-refractivity contribution in [1.82, 2.24) is 0 Å². The van der Waals surface area contributed by atoms with Crippen LogP contribution in [0.3, 0.4) is 0 Å². The van der Waals surface area contributed by atoms with E-state index < -0.39 is 0 Å². The summed E-state index contributed by atoms with van der Waals surface area (Å²) in [5.74, 6) is 0. The molecule has 0 saturated carbocycles. The number of anilines is 2. The number of hydrogen-bond donors (Lipinski definition) is 0. The molecule has 1 aromatic carbocycles. The molecule has 0 N–H and O–H groups in total. The maximum Gasteiger partial charge on any atom is 0.169 e. The summed E-state index contributed by atoms with van der Waals surface area (Å²) in [5.41, 5.74) is 10.2. The topological polar surface area (TPSA) is 14.2 Å². The highest BCUT2D eigenvalue weighted by molar-refractivity contribution is 5.81. The predicted octanol–water partition coefficient (Wildman–Crippen LogP) is 5.99. The number of rotatable bonds is 4. The summed E-state index contributed by atoms with van der Waals surface area (Å²) in [6.07, 6.45) is 21.6. The van der Waals surface area contributed by atoms with Crippen molar-refractivity contribution in [2.75, 3.05) is 23.9 Å². The lowest BCUT2D eigenvalue weighted by molar-refractivity contribution is -0.671. The van der Waals surface area contributed by atoms with Crippen LogP contribution in [0.2, 0.25) is 0 Å². The van der Waals surface area contributed by atoms with E-state index in [1.807, 2.05) is 14.1 Å². The summed E-state index contributed by atoms with van der Waals surface area (Å²) in [4.78, 5) is 4.75. The van der Waals surface area contributed by atoms with Crippen LogP contribution in [0.1, 0.15) is 49.9 Å². The number of hydrogen-bond acceptors (Lipinski definition) is 2. The van der Waals surface area contributed by atoms with Gasteiger partial charge in [0.1, 0.15) is 14.1 Å². The molecule has 194 valence electrons. The fraction of sp³-hybridized carbons (Fsp3) is 0.294. The Balaban J connectivity index is 1.46. The molecule has 4 heteroatoms. The molecule has 4 nitrogen and oxygen atoms in total. The number of benzene rings is 1. The van der Waals surface area contributed by atoms with Gasteiger partial charge in [0.05, 0.1) is 0 Å². The molecule has 0 radical (unpaired) electrons. The first kappa shape index (κ1) is 25.7. The number of allylic oxidation sites excluding steroid dienone is 6. The monoisotopic (exact) mass is 504 g/mol. The molecule has 0 spiro atoms. The number of likely N-dealkylation sites (N-methyl/N-ethyl adjacent to an activating group) is 2. The lowest BCUT2D eigenvalue weighted by Gasteiger charge is -2.25. The van der Waals surface area contributed by atoms with Gasteiger partial charge in [0.2, 0.25) is 0 Å². The lowest BCUT2D eigenvalue weighted by Crippen LogP contribution is -2.25. The van der Waals surface area contributed by atoms with Crippen LogP contribution in [-0.4, -0.2) is 14.1 Å². The molecule has 2 aliphatic heterocycles. The van der Waals surface area contributed by atoms with Gasteiger partial charge >= 0.3 is 0 Å². The summed E-state index contributed by atoms with van der Waals surface area (Å²) >= 11 is 0. The number of pyridine rings is 2. The Morgan fingerprint density at radius 3 is 1.29 bits per heavy atom. The molecule has 2 aromatic heterocycles.